The van der Waals surface area contributed by atoms with E-state index in [-0.39, 0.29) is 0 Å². The topological polar surface area (TPSA) is 24.5 Å². The molecule has 0 amide bonds. The van der Waals surface area contributed by atoms with E-state index in [1.807, 2.05) is 7.05 Å². The third-order valence-electron chi connectivity index (χ3n) is 3.42. The lowest BCUT2D eigenvalue weighted by Crippen LogP contribution is -2.23. The van der Waals surface area contributed by atoms with E-state index in [1.54, 1.807) is 0 Å². The molecule has 0 saturated carbocycles. The zero-order valence-electron chi connectivity index (χ0n) is 11.3. The molecular formula is C15H24N2O. The van der Waals surface area contributed by atoms with E-state index in [9.17, 15) is 0 Å². The summed E-state index contributed by atoms with van der Waals surface area (Å²) in [6, 6.07) is 8.64. The van der Waals surface area contributed by atoms with Gasteiger partial charge in [0.1, 0.15) is 0 Å². The summed E-state index contributed by atoms with van der Waals surface area (Å²) in [5.74, 6) is 0. The number of hydrogen-bond acceptors (Lipinski definition) is 3. The Morgan fingerprint density at radius 2 is 1.78 bits per heavy atom. The van der Waals surface area contributed by atoms with Crippen molar-refractivity contribution in [3.63, 3.8) is 0 Å². The van der Waals surface area contributed by atoms with Gasteiger partial charge in [0.05, 0.1) is 13.2 Å². The van der Waals surface area contributed by atoms with Crippen LogP contribution in [-0.2, 0) is 17.9 Å². The maximum Gasteiger partial charge on any atom is 0.0717 e. The van der Waals surface area contributed by atoms with Crippen molar-refractivity contribution in [2.24, 2.45) is 0 Å². The van der Waals surface area contributed by atoms with Crippen LogP contribution in [0.25, 0.3) is 0 Å². The zero-order chi connectivity index (χ0) is 12.6. The molecule has 1 aliphatic rings. The van der Waals surface area contributed by atoms with Crippen molar-refractivity contribution < 1.29 is 4.74 Å². The largest absolute Gasteiger partial charge is 0.375 e. The first kappa shape index (κ1) is 13.5. The molecule has 1 aromatic rings. The number of benzene rings is 1. The lowest BCUT2D eigenvalue weighted by atomic mass is 10.1. The monoisotopic (exact) mass is 248 g/mol. The average Bonchev–Trinajstić information content (AvgIpc) is 2.90. The van der Waals surface area contributed by atoms with E-state index in [0.717, 1.165) is 26.3 Å². The number of rotatable bonds is 7. The van der Waals surface area contributed by atoms with Crippen molar-refractivity contribution in [1.29, 1.82) is 0 Å². The van der Waals surface area contributed by atoms with Crippen LogP contribution in [0.1, 0.15) is 24.0 Å². The predicted octanol–water partition coefficient (Wildman–Crippen LogP) is 2.02. The minimum atomic E-state index is 0.730. The van der Waals surface area contributed by atoms with Crippen molar-refractivity contribution in [2.75, 3.05) is 33.3 Å². The van der Waals surface area contributed by atoms with Crippen molar-refractivity contribution in [1.82, 2.24) is 10.2 Å². The minimum absolute atomic E-state index is 0.730. The zero-order valence-corrected chi connectivity index (χ0v) is 11.3. The van der Waals surface area contributed by atoms with Gasteiger partial charge < -0.3 is 15.0 Å². The van der Waals surface area contributed by atoms with Crippen LogP contribution in [0.15, 0.2) is 24.3 Å². The normalized spacial score (nSPS) is 16.3. The third-order valence-corrected chi connectivity index (χ3v) is 3.42. The van der Waals surface area contributed by atoms with Gasteiger partial charge in [-0.1, -0.05) is 24.3 Å². The molecule has 18 heavy (non-hydrogen) atoms. The minimum Gasteiger partial charge on any atom is -0.375 e. The Balaban J connectivity index is 1.63. The molecule has 3 heteroatoms. The van der Waals surface area contributed by atoms with E-state index in [1.165, 1.54) is 37.1 Å². The summed E-state index contributed by atoms with van der Waals surface area (Å²) in [6.45, 7) is 6.09. The summed E-state index contributed by atoms with van der Waals surface area (Å²) in [6.07, 6.45) is 2.71. The molecule has 2 rings (SSSR count). The Morgan fingerprint density at radius 1 is 1.11 bits per heavy atom. The molecular weight excluding hydrogens is 224 g/mol. The van der Waals surface area contributed by atoms with Crippen LogP contribution in [0.4, 0.5) is 0 Å². The lowest BCUT2D eigenvalue weighted by molar-refractivity contribution is 0.0992. The van der Waals surface area contributed by atoms with Gasteiger partial charge in [0.15, 0.2) is 0 Å². The Morgan fingerprint density at radius 3 is 2.44 bits per heavy atom. The second kappa shape index (κ2) is 7.52. The number of likely N-dealkylation sites (tertiary alicyclic amines) is 1. The molecule has 0 radical (unpaired) electrons. The first-order valence-electron chi connectivity index (χ1n) is 6.91. The summed E-state index contributed by atoms with van der Waals surface area (Å²) < 4.78 is 5.72. The molecule has 0 unspecified atom stereocenters. The first-order valence-corrected chi connectivity index (χ1v) is 6.91. The summed E-state index contributed by atoms with van der Waals surface area (Å²) in [5, 5.41) is 3.15. The van der Waals surface area contributed by atoms with E-state index in [2.05, 4.69) is 34.5 Å². The van der Waals surface area contributed by atoms with Crippen molar-refractivity contribution in [2.45, 2.75) is 26.0 Å². The maximum absolute atomic E-state index is 5.72. The molecule has 0 aliphatic carbocycles. The SMILES string of the molecule is CNCc1ccc(COCCN2CCCC2)cc1. The smallest absolute Gasteiger partial charge is 0.0717 e. The molecule has 0 aromatic heterocycles. The summed E-state index contributed by atoms with van der Waals surface area (Å²) in [7, 11) is 1.97. The standard InChI is InChI=1S/C15H24N2O/c1-16-12-14-4-6-15(7-5-14)13-18-11-10-17-8-2-3-9-17/h4-7,16H,2-3,8-13H2,1H3. The second-order valence-corrected chi connectivity index (χ2v) is 4.95. The van der Waals surface area contributed by atoms with Crippen LogP contribution in [0.5, 0.6) is 0 Å². The highest BCUT2D eigenvalue weighted by molar-refractivity contribution is 5.21. The Labute approximate surface area is 110 Å². The maximum atomic E-state index is 5.72. The van der Waals surface area contributed by atoms with E-state index in [0.29, 0.717) is 0 Å². The van der Waals surface area contributed by atoms with Crippen LogP contribution in [-0.4, -0.2) is 38.2 Å². The highest BCUT2D eigenvalue weighted by Gasteiger charge is 2.10. The Hall–Kier alpha value is -0.900. The summed E-state index contributed by atoms with van der Waals surface area (Å²) in [5.41, 5.74) is 2.58. The fourth-order valence-corrected chi connectivity index (χ4v) is 2.35. The van der Waals surface area contributed by atoms with Crippen LogP contribution >= 0.6 is 0 Å². The summed E-state index contributed by atoms with van der Waals surface area (Å²) >= 11 is 0. The van der Waals surface area contributed by atoms with Gasteiger partial charge >= 0.3 is 0 Å². The van der Waals surface area contributed by atoms with E-state index in [4.69, 9.17) is 4.74 Å². The molecule has 3 nitrogen and oxygen atoms in total. The molecule has 100 valence electrons. The average molecular weight is 248 g/mol. The number of ether oxygens (including phenoxy) is 1. The van der Waals surface area contributed by atoms with Crippen molar-refractivity contribution >= 4 is 0 Å². The van der Waals surface area contributed by atoms with Crippen LogP contribution < -0.4 is 5.32 Å². The van der Waals surface area contributed by atoms with Gasteiger partial charge in [-0.2, -0.15) is 0 Å². The molecule has 1 aromatic carbocycles. The molecule has 1 aliphatic heterocycles. The number of hydrogen-bond donors (Lipinski definition) is 1. The fraction of sp³-hybridized carbons (Fsp3) is 0.600. The Kier molecular flexibility index (Phi) is 5.65. The summed E-state index contributed by atoms with van der Waals surface area (Å²) in [4.78, 5) is 2.48. The number of nitrogens with zero attached hydrogens (tertiary/aromatic N) is 1. The molecule has 0 atom stereocenters. The highest BCUT2D eigenvalue weighted by Crippen LogP contribution is 2.08. The lowest BCUT2D eigenvalue weighted by Gasteiger charge is -2.14. The fourth-order valence-electron chi connectivity index (χ4n) is 2.35. The van der Waals surface area contributed by atoms with E-state index >= 15 is 0 Å². The van der Waals surface area contributed by atoms with Crippen molar-refractivity contribution in [3.8, 4) is 0 Å². The van der Waals surface area contributed by atoms with E-state index < -0.39 is 0 Å². The van der Waals surface area contributed by atoms with Gasteiger partial charge in [-0.3, -0.25) is 0 Å². The molecule has 1 N–H and O–H groups in total. The highest BCUT2D eigenvalue weighted by atomic mass is 16.5. The molecule has 1 saturated heterocycles. The van der Waals surface area contributed by atoms with Crippen LogP contribution in [0, 0.1) is 0 Å². The number of nitrogens with one attached hydrogen (secondary N) is 1. The van der Waals surface area contributed by atoms with Gasteiger partial charge in [-0.25, -0.2) is 0 Å². The first-order chi connectivity index (χ1) is 8.88. The third kappa shape index (κ3) is 4.41. The predicted molar refractivity (Wildman–Crippen MR) is 74.5 cm³/mol. The molecule has 1 fully saturated rings. The second-order valence-electron chi connectivity index (χ2n) is 4.95. The molecule has 0 spiro atoms. The van der Waals surface area contributed by atoms with Crippen LogP contribution in [0.2, 0.25) is 0 Å². The van der Waals surface area contributed by atoms with Gasteiger partial charge in [-0.05, 0) is 44.1 Å². The quantitative estimate of drug-likeness (QED) is 0.747. The van der Waals surface area contributed by atoms with Gasteiger partial charge in [0.25, 0.3) is 0 Å². The van der Waals surface area contributed by atoms with Crippen molar-refractivity contribution in [3.05, 3.63) is 35.4 Å². The van der Waals surface area contributed by atoms with Gasteiger partial charge in [-0.15, -0.1) is 0 Å². The molecule has 0 bridgehead atoms. The van der Waals surface area contributed by atoms with Crippen LogP contribution in [0.3, 0.4) is 0 Å². The van der Waals surface area contributed by atoms with Gasteiger partial charge in [0.2, 0.25) is 0 Å². The van der Waals surface area contributed by atoms with Gasteiger partial charge in [0, 0.05) is 13.1 Å². The Bertz CT molecular complexity index is 331. The molecule has 1 heterocycles.